The van der Waals surface area contributed by atoms with Crippen molar-refractivity contribution in [3.8, 4) is 11.4 Å². The molecule has 12 nitrogen and oxygen atoms in total. The monoisotopic (exact) mass is 596 g/mol. The number of aliphatic hydroxyl groups excluding tert-OH is 1. The minimum absolute atomic E-state index is 0.0311. The molecule has 7 rings (SSSR count). The van der Waals surface area contributed by atoms with Crippen LogP contribution in [0.25, 0.3) is 22.3 Å². The van der Waals surface area contributed by atoms with Crippen molar-refractivity contribution in [3.63, 3.8) is 0 Å². The van der Waals surface area contributed by atoms with Crippen molar-refractivity contribution in [2.24, 2.45) is 5.73 Å². The zero-order valence-electron chi connectivity index (χ0n) is 25.0. The number of hydrogen-bond acceptors (Lipinski definition) is 10. The van der Waals surface area contributed by atoms with Crippen molar-refractivity contribution >= 4 is 39.8 Å². The van der Waals surface area contributed by atoms with E-state index in [0.717, 1.165) is 55.9 Å². The van der Waals surface area contributed by atoms with Crippen molar-refractivity contribution in [2.45, 2.75) is 43.9 Å². The second-order valence-electron chi connectivity index (χ2n) is 12.3. The Hall–Kier alpha value is -4.26. The molecule has 4 aromatic rings. The summed E-state index contributed by atoms with van der Waals surface area (Å²) in [5, 5.41) is 17.5. The Balaban J connectivity index is 1.11. The summed E-state index contributed by atoms with van der Waals surface area (Å²) in [5.41, 5.74) is 9.75. The Morgan fingerprint density at radius 1 is 0.955 bits per heavy atom. The molecule has 1 saturated carbocycles. The molecule has 1 aliphatic carbocycles. The number of nitrogens with two attached hydrogens (primary N) is 1. The maximum Gasteiger partial charge on any atom is 0.271 e. The number of fused-ring (bicyclic) bond motifs is 1. The number of pyridine rings is 1. The van der Waals surface area contributed by atoms with Crippen LogP contribution in [0.15, 0.2) is 48.8 Å². The van der Waals surface area contributed by atoms with E-state index in [9.17, 15) is 9.90 Å². The van der Waals surface area contributed by atoms with E-state index >= 15 is 0 Å². The molecule has 3 aromatic heterocycles. The molecule has 12 heteroatoms. The van der Waals surface area contributed by atoms with E-state index in [0.29, 0.717) is 36.1 Å². The quantitative estimate of drug-likeness (QED) is 0.205. The number of aliphatic hydroxyl groups is 1. The molecule has 5 heterocycles. The molecule has 0 bridgehead atoms. The number of primary amides is 1. The van der Waals surface area contributed by atoms with Crippen LogP contribution in [-0.2, 0) is 0 Å². The van der Waals surface area contributed by atoms with E-state index < -0.39 is 5.91 Å². The first-order valence-electron chi connectivity index (χ1n) is 15.5. The molecule has 0 unspecified atom stereocenters. The number of aromatic nitrogens is 4. The largest absolute Gasteiger partial charge is 0.393 e. The zero-order chi connectivity index (χ0) is 30.2. The first kappa shape index (κ1) is 28.5. The van der Waals surface area contributed by atoms with Gasteiger partial charge in [0.2, 0.25) is 0 Å². The molecule has 0 atom stereocenters. The Kier molecular flexibility index (Phi) is 7.79. The molecule has 2 saturated heterocycles. The van der Waals surface area contributed by atoms with Gasteiger partial charge in [0.15, 0.2) is 17.3 Å². The molecule has 1 amide bonds. The van der Waals surface area contributed by atoms with E-state index in [-0.39, 0.29) is 23.7 Å². The maximum absolute atomic E-state index is 12.7. The second kappa shape index (κ2) is 12.0. The number of anilines is 4. The van der Waals surface area contributed by atoms with Crippen LogP contribution in [0.4, 0.5) is 23.0 Å². The average Bonchev–Trinajstić information content (AvgIpc) is 3.51. The molecule has 0 spiro atoms. The highest BCUT2D eigenvalue weighted by atomic mass is 16.3. The number of benzene rings is 1. The number of nitrogens with zero attached hydrogens (tertiary/aromatic N) is 6. The number of amides is 1. The Morgan fingerprint density at radius 2 is 1.70 bits per heavy atom. The third-order valence-corrected chi connectivity index (χ3v) is 9.30. The summed E-state index contributed by atoms with van der Waals surface area (Å²) < 4.78 is 0. The number of carbonyl (C=O) groups is 1. The minimum atomic E-state index is -0.687. The predicted molar refractivity (Wildman–Crippen MR) is 172 cm³/mol. The van der Waals surface area contributed by atoms with E-state index in [1.54, 1.807) is 6.20 Å². The van der Waals surface area contributed by atoms with Gasteiger partial charge in [-0.1, -0.05) is 0 Å². The highest BCUT2D eigenvalue weighted by molar-refractivity contribution is 6.00. The summed E-state index contributed by atoms with van der Waals surface area (Å²) >= 11 is 0. The van der Waals surface area contributed by atoms with Crippen LogP contribution >= 0.6 is 0 Å². The fraction of sp³-hybridized carbons (Fsp3) is 0.438. The van der Waals surface area contributed by atoms with Gasteiger partial charge in [0, 0.05) is 86.0 Å². The fourth-order valence-electron chi connectivity index (χ4n) is 6.60. The fourth-order valence-corrected chi connectivity index (χ4v) is 6.60. The number of nitrogens with one attached hydrogen (secondary N) is 3. The van der Waals surface area contributed by atoms with E-state index in [1.165, 1.54) is 18.5 Å². The molecular weight excluding hydrogens is 556 g/mol. The summed E-state index contributed by atoms with van der Waals surface area (Å²) in [4.78, 5) is 37.5. The van der Waals surface area contributed by atoms with Gasteiger partial charge < -0.3 is 36.3 Å². The summed E-state index contributed by atoms with van der Waals surface area (Å²) in [5.74, 6) is 0.0639. The van der Waals surface area contributed by atoms with Gasteiger partial charge in [-0.3, -0.25) is 14.7 Å². The molecule has 1 aromatic carbocycles. The van der Waals surface area contributed by atoms with Gasteiger partial charge >= 0.3 is 0 Å². The lowest BCUT2D eigenvalue weighted by molar-refractivity contribution is 0.0835. The third kappa shape index (κ3) is 5.80. The van der Waals surface area contributed by atoms with Crippen molar-refractivity contribution in [2.75, 3.05) is 61.8 Å². The molecule has 44 heavy (non-hydrogen) atoms. The topological polar surface area (TPSA) is 152 Å². The number of H-pyrrole nitrogens is 1. The third-order valence-electron chi connectivity index (χ3n) is 9.30. The molecule has 3 aliphatic rings. The summed E-state index contributed by atoms with van der Waals surface area (Å²) in [7, 11) is 2.20. The average molecular weight is 597 g/mol. The number of rotatable bonds is 8. The van der Waals surface area contributed by atoms with Crippen molar-refractivity contribution in [1.29, 1.82) is 0 Å². The van der Waals surface area contributed by atoms with Gasteiger partial charge in [-0.05, 0) is 69.1 Å². The van der Waals surface area contributed by atoms with E-state index in [1.807, 2.05) is 30.5 Å². The second-order valence-corrected chi connectivity index (χ2v) is 12.3. The van der Waals surface area contributed by atoms with Crippen LogP contribution < -0.4 is 21.3 Å². The first-order chi connectivity index (χ1) is 21.4. The lowest BCUT2D eigenvalue weighted by atomic mass is 9.89. The van der Waals surface area contributed by atoms with Crippen LogP contribution in [0.5, 0.6) is 0 Å². The first-order valence-corrected chi connectivity index (χ1v) is 15.5. The highest BCUT2D eigenvalue weighted by Gasteiger charge is 2.30. The molecule has 6 N–H and O–H groups in total. The van der Waals surface area contributed by atoms with Gasteiger partial charge in [0.05, 0.1) is 6.10 Å². The number of aromatic amines is 1. The van der Waals surface area contributed by atoms with Crippen molar-refractivity contribution in [1.82, 2.24) is 29.7 Å². The van der Waals surface area contributed by atoms with Crippen LogP contribution in [0, 0.1) is 0 Å². The normalized spacial score (nSPS) is 21.7. The zero-order valence-corrected chi connectivity index (χ0v) is 25.0. The van der Waals surface area contributed by atoms with Gasteiger partial charge in [0.1, 0.15) is 11.4 Å². The van der Waals surface area contributed by atoms with Crippen LogP contribution in [-0.4, -0.2) is 105 Å². The Bertz CT molecular complexity index is 1620. The van der Waals surface area contributed by atoms with Crippen LogP contribution in [0.2, 0.25) is 0 Å². The molecule has 230 valence electrons. The lowest BCUT2D eigenvalue weighted by Gasteiger charge is -2.42. The number of carbonyl (C=O) groups excluding carboxylic acids is 1. The van der Waals surface area contributed by atoms with Gasteiger partial charge in [-0.15, -0.1) is 0 Å². The summed E-state index contributed by atoms with van der Waals surface area (Å²) in [6.07, 6.45) is 6.75. The standard InChI is InChI=1S/C32H40N10O2/c1-40-14-16-42(17-15-40)23-8-12-41(13-9-23)22-4-2-20(3-5-22)36-32-29(30(33)44)38-28(31(39-32)37-21-18-24(43)19-21)27-25-6-10-34-26(25)7-11-35-27/h2-7,10-11,21,23-24,34,43H,8-9,12-19H2,1H3,(H2,33,44)(H2,36,37,39)/t21-,24-. The van der Waals surface area contributed by atoms with Crippen molar-refractivity contribution < 1.29 is 9.90 Å². The van der Waals surface area contributed by atoms with Crippen LogP contribution in [0.3, 0.4) is 0 Å². The SMILES string of the molecule is CN1CCN(C2CCN(c3ccc(Nc4nc(N[C@H]5C[C@H](O)C5)c(-c5nccc6[nH]ccc56)nc4C(N)=O)cc3)CC2)CC1. The predicted octanol–water partition coefficient (Wildman–Crippen LogP) is 3.01. The number of likely N-dealkylation sites (N-methyl/N-ethyl adjacent to an activating group) is 1. The summed E-state index contributed by atoms with van der Waals surface area (Å²) in [6, 6.07) is 12.7. The molecule has 3 fully saturated rings. The summed E-state index contributed by atoms with van der Waals surface area (Å²) in [6.45, 7) is 6.71. The maximum atomic E-state index is 12.7. The number of hydrogen-bond donors (Lipinski definition) is 5. The number of piperidine rings is 1. The van der Waals surface area contributed by atoms with Crippen LogP contribution in [0.1, 0.15) is 36.2 Å². The van der Waals surface area contributed by atoms with Gasteiger partial charge in [-0.25, -0.2) is 9.97 Å². The molecular formula is C32H40N10O2. The smallest absolute Gasteiger partial charge is 0.271 e. The number of piperazine rings is 1. The Morgan fingerprint density at radius 3 is 2.41 bits per heavy atom. The van der Waals surface area contributed by atoms with E-state index in [4.69, 9.17) is 15.7 Å². The van der Waals surface area contributed by atoms with E-state index in [2.05, 4.69) is 54.5 Å². The molecule has 2 aliphatic heterocycles. The lowest BCUT2D eigenvalue weighted by Crippen LogP contribution is -2.52. The van der Waals surface area contributed by atoms with Crippen molar-refractivity contribution in [3.05, 3.63) is 54.5 Å². The van der Waals surface area contributed by atoms with Gasteiger partial charge in [0.25, 0.3) is 5.91 Å². The Labute approximate surface area is 256 Å². The molecule has 0 radical (unpaired) electrons. The highest BCUT2D eigenvalue weighted by Crippen LogP contribution is 2.35. The minimum Gasteiger partial charge on any atom is -0.393 e. The van der Waals surface area contributed by atoms with Gasteiger partial charge in [-0.2, -0.15) is 0 Å².